The van der Waals surface area contributed by atoms with E-state index in [4.69, 9.17) is 0 Å². The largest absolute Gasteiger partial charge is 2.00 e. The van der Waals surface area contributed by atoms with Crippen LogP contribution in [0.15, 0.2) is 35.4 Å². The molecule has 0 unspecified atom stereocenters. The fourth-order valence-corrected chi connectivity index (χ4v) is 5.68. The van der Waals surface area contributed by atoms with Crippen molar-refractivity contribution in [3.8, 4) is 0 Å². The Bertz CT molecular complexity index is 1170. The Morgan fingerprint density at radius 3 is 1.41 bits per heavy atom. The Morgan fingerprint density at radius 1 is 0.591 bits per heavy atom. The average Bonchev–Trinajstić information content (AvgIpc) is 3.24. The molecule has 3 heteroatoms. The molecule has 0 radical (unpaired) electrons. The molecular formula is C41H64N2Ni. The first-order valence-corrected chi connectivity index (χ1v) is 17.4. The molecule has 1 heterocycles. The molecule has 1 aliphatic heterocycles. The van der Waals surface area contributed by atoms with E-state index in [1.807, 2.05) is 0 Å². The molecule has 0 amide bonds. The third-order valence-electron chi connectivity index (χ3n) is 8.45. The number of hydrogen-bond donors (Lipinski definition) is 0. The van der Waals surface area contributed by atoms with Crippen LogP contribution in [0.25, 0.3) is 16.9 Å². The van der Waals surface area contributed by atoms with Crippen LogP contribution >= 0.6 is 0 Å². The Labute approximate surface area is 283 Å². The summed E-state index contributed by atoms with van der Waals surface area (Å²) in [6.45, 7) is 29.2. The third kappa shape index (κ3) is 11.4. The molecule has 0 aromatic heterocycles. The van der Waals surface area contributed by atoms with Gasteiger partial charge < -0.3 is 19.4 Å². The summed E-state index contributed by atoms with van der Waals surface area (Å²) in [5.74, 6) is 0. The molecule has 1 aliphatic rings. The summed E-state index contributed by atoms with van der Waals surface area (Å²) in [5, 5.41) is 0. The van der Waals surface area contributed by atoms with Crippen molar-refractivity contribution in [3.63, 3.8) is 0 Å². The van der Waals surface area contributed by atoms with E-state index < -0.39 is 0 Å². The van der Waals surface area contributed by atoms with E-state index in [2.05, 4.69) is 107 Å². The average molecular weight is 644 g/mol. The molecule has 2 aromatic carbocycles. The minimum absolute atomic E-state index is 0. The van der Waals surface area contributed by atoms with Crippen LogP contribution in [0.5, 0.6) is 0 Å². The third-order valence-corrected chi connectivity index (χ3v) is 8.45. The molecule has 0 bridgehead atoms. The maximum atomic E-state index is 11.8. The molecule has 44 heavy (non-hydrogen) atoms. The Hall–Kier alpha value is -1.99. The van der Waals surface area contributed by atoms with Crippen molar-refractivity contribution in [2.45, 2.75) is 153 Å². The van der Waals surface area contributed by atoms with E-state index in [-0.39, 0.29) is 16.5 Å². The van der Waals surface area contributed by atoms with E-state index in [0.29, 0.717) is 0 Å². The second-order valence-corrected chi connectivity index (χ2v) is 12.2. The smallest absolute Gasteiger partial charge is 0.493 e. The molecule has 0 N–H and O–H groups in total. The molecule has 248 valence electrons. The Balaban J connectivity index is 0.00000183. The normalized spacial score (nSPS) is 12.5. The summed E-state index contributed by atoms with van der Waals surface area (Å²) in [4.78, 5) is 0. The Morgan fingerprint density at radius 2 is 1.02 bits per heavy atom. The predicted octanol–water partition coefficient (Wildman–Crippen LogP) is 13.1. The number of aryl methyl sites for hydroxylation is 4. The second-order valence-electron chi connectivity index (χ2n) is 12.2. The van der Waals surface area contributed by atoms with E-state index >= 15 is 0 Å². The molecule has 0 saturated heterocycles. The zero-order chi connectivity index (χ0) is 32.5. The van der Waals surface area contributed by atoms with E-state index in [0.717, 1.165) is 81.2 Å². The SMILES string of the molecule is CCCCC1=C(c2cc(CCC)c(CCC)c(CCC)c2)[N+](=[N-])C(c2cc(C)c(C)c(C)c2)=C1C.[CH2-]CCC.[CH2-]CCC.[Ni+2]. The van der Waals surface area contributed by atoms with Crippen molar-refractivity contribution in [1.82, 2.24) is 0 Å². The molecule has 0 saturated carbocycles. The van der Waals surface area contributed by atoms with Crippen molar-refractivity contribution in [1.29, 1.82) is 0 Å². The van der Waals surface area contributed by atoms with E-state index in [1.54, 1.807) is 5.56 Å². The first-order valence-electron chi connectivity index (χ1n) is 17.4. The van der Waals surface area contributed by atoms with Crippen LogP contribution in [0.3, 0.4) is 0 Å². The zero-order valence-electron chi connectivity index (χ0n) is 30.1. The van der Waals surface area contributed by atoms with Gasteiger partial charge in [-0.05, 0) is 117 Å². The van der Waals surface area contributed by atoms with Gasteiger partial charge in [-0.1, -0.05) is 80.1 Å². The molecule has 2 nitrogen and oxygen atoms in total. The van der Waals surface area contributed by atoms with Gasteiger partial charge in [0.2, 0.25) is 11.4 Å². The summed E-state index contributed by atoms with van der Waals surface area (Å²) in [6.07, 6.45) is 14.6. The van der Waals surface area contributed by atoms with Crippen LogP contribution in [0.4, 0.5) is 0 Å². The van der Waals surface area contributed by atoms with Crippen LogP contribution in [-0.4, -0.2) is 4.70 Å². The van der Waals surface area contributed by atoms with Gasteiger partial charge in [0.05, 0.1) is 0 Å². The van der Waals surface area contributed by atoms with Gasteiger partial charge >= 0.3 is 16.5 Å². The van der Waals surface area contributed by atoms with Gasteiger partial charge in [-0.15, -0.1) is 0 Å². The minimum Gasteiger partial charge on any atom is -0.493 e. The van der Waals surface area contributed by atoms with Crippen molar-refractivity contribution in [3.05, 3.63) is 99.3 Å². The van der Waals surface area contributed by atoms with Crippen molar-refractivity contribution in [2.75, 3.05) is 0 Å². The molecule has 0 spiro atoms. The number of unbranched alkanes of at least 4 members (excludes halogenated alkanes) is 3. The summed E-state index contributed by atoms with van der Waals surface area (Å²) in [6, 6.07) is 9.25. The number of rotatable bonds is 13. The molecule has 0 atom stereocenters. The van der Waals surface area contributed by atoms with Crippen LogP contribution < -0.4 is 0 Å². The topological polar surface area (TPSA) is 25.3 Å². The van der Waals surface area contributed by atoms with E-state index in [9.17, 15) is 5.53 Å². The van der Waals surface area contributed by atoms with Crippen molar-refractivity contribution in [2.24, 2.45) is 0 Å². The Kier molecular flexibility index (Phi) is 21.5. The quantitative estimate of drug-likeness (QED) is 0.118. The summed E-state index contributed by atoms with van der Waals surface area (Å²) in [7, 11) is 0. The van der Waals surface area contributed by atoms with Crippen LogP contribution in [0.2, 0.25) is 0 Å². The van der Waals surface area contributed by atoms with Gasteiger partial charge in [0.15, 0.2) is 0 Å². The predicted molar refractivity (Wildman–Crippen MR) is 192 cm³/mol. The fourth-order valence-electron chi connectivity index (χ4n) is 5.68. The van der Waals surface area contributed by atoms with Gasteiger partial charge in [-0.25, -0.2) is 4.70 Å². The first-order chi connectivity index (χ1) is 20.6. The number of benzene rings is 2. The van der Waals surface area contributed by atoms with Gasteiger partial charge in [0, 0.05) is 22.3 Å². The van der Waals surface area contributed by atoms with Gasteiger partial charge in [0.1, 0.15) is 0 Å². The molecule has 0 aliphatic carbocycles. The number of hydrogen-bond acceptors (Lipinski definition) is 0. The maximum absolute atomic E-state index is 11.8. The van der Waals surface area contributed by atoms with Crippen LogP contribution in [0.1, 0.15) is 157 Å². The monoisotopic (exact) mass is 642 g/mol. The van der Waals surface area contributed by atoms with Gasteiger partial charge in [-0.3, -0.25) is 0 Å². The molecular weight excluding hydrogens is 579 g/mol. The van der Waals surface area contributed by atoms with Gasteiger partial charge in [-0.2, -0.15) is 12.8 Å². The summed E-state index contributed by atoms with van der Waals surface area (Å²) >= 11 is 0. The van der Waals surface area contributed by atoms with Crippen molar-refractivity contribution >= 4 is 11.4 Å². The van der Waals surface area contributed by atoms with Gasteiger partial charge in [0.25, 0.3) is 0 Å². The summed E-state index contributed by atoms with van der Waals surface area (Å²) < 4.78 is 1.52. The molecule has 3 rings (SSSR count). The summed E-state index contributed by atoms with van der Waals surface area (Å²) in [5.41, 5.74) is 26.9. The minimum atomic E-state index is 0. The molecule has 0 fully saturated rings. The van der Waals surface area contributed by atoms with Crippen LogP contribution in [0, 0.1) is 34.6 Å². The zero-order valence-corrected chi connectivity index (χ0v) is 31.1. The first kappa shape index (κ1) is 42.0. The van der Waals surface area contributed by atoms with E-state index in [1.165, 1.54) is 68.5 Å². The van der Waals surface area contributed by atoms with Crippen LogP contribution in [-0.2, 0) is 35.8 Å². The van der Waals surface area contributed by atoms with Crippen molar-refractivity contribution < 1.29 is 21.2 Å². The number of nitrogens with zero attached hydrogens (tertiary/aromatic N) is 2. The number of allylic oxidation sites excluding steroid dienone is 2. The second kappa shape index (κ2) is 22.5. The fraction of sp³-hybridized carbons (Fsp3) is 0.561. The standard InChI is InChI=1S/C33H46N2.2C4H9.Ni/c1-9-13-17-30-25(8)32(28-18-22(5)24(7)23(6)19-28)35(34)33(30)29-20-26(14-10-2)31(16-12-4)27(21-29)15-11-3;2*1-3-4-2;/h18-21H,9-17H2,1-8H3;2*1,3-4H2,2H3;/q;2*-1;+2. The maximum Gasteiger partial charge on any atom is 2.00 e. The molecule has 2 aromatic rings.